The van der Waals surface area contributed by atoms with Gasteiger partial charge < -0.3 is 16.4 Å². The minimum absolute atomic E-state index is 0.0302. The molecule has 1 saturated carbocycles. The fraction of sp³-hybridized carbons (Fsp3) is 0.176. The first kappa shape index (κ1) is 19.7. The van der Waals surface area contributed by atoms with Crippen LogP contribution in [0.5, 0.6) is 0 Å². The Balaban J connectivity index is 1.80. The summed E-state index contributed by atoms with van der Waals surface area (Å²) in [6.45, 7) is 0. The molecule has 142 valence electrons. The average Bonchev–Trinajstić information content (AvgIpc) is 3.22. The number of carbonyl (C=O) groups excluding carboxylic acids is 2. The van der Waals surface area contributed by atoms with E-state index in [0.717, 1.165) is 6.07 Å². The first-order chi connectivity index (χ1) is 12.6. The van der Waals surface area contributed by atoms with Gasteiger partial charge in [0.05, 0.1) is 27.9 Å². The van der Waals surface area contributed by atoms with Crippen molar-refractivity contribution in [2.24, 2.45) is 5.92 Å². The van der Waals surface area contributed by atoms with Gasteiger partial charge in [-0.1, -0.05) is 11.6 Å². The number of alkyl halides is 2. The Kier molecular flexibility index (Phi) is 5.20. The number of hydrogen-bond acceptors (Lipinski definition) is 3. The van der Waals surface area contributed by atoms with Gasteiger partial charge >= 0.3 is 0 Å². The van der Waals surface area contributed by atoms with Crippen molar-refractivity contribution >= 4 is 63.7 Å². The summed E-state index contributed by atoms with van der Waals surface area (Å²) in [6, 6.07) is 5.67. The highest BCUT2D eigenvalue weighted by atomic mass is 35.5. The van der Waals surface area contributed by atoms with Crippen LogP contribution in [0.4, 0.5) is 25.8 Å². The lowest BCUT2D eigenvalue weighted by molar-refractivity contribution is -0.117. The number of halogens is 5. The van der Waals surface area contributed by atoms with Crippen molar-refractivity contribution < 1.29 is 18.4 Å². The van der Waals surface area contributed by atoms with Crippen LogP contribution in [0.25, 0.3) is 0 Å². The molecule has 0 saturated heterocycles. The third-order valence-corrected chi connectivity index (χ3v) is 5.13. The van der Waals surface area contributed by atoms with Crippen LogP contribution in [0.1, 0.15) is 16.8 Å². The highest BCUT2D eigenvalue weighted by Crippen LogP contribution is 2.53. The van der Waals surface area contributed by atoms with Crippen molar-refractivity contribution in [3.63, 3.8) is 0 Å². The van der Waals surface area contributed by atoms with Gasteiger partial charge in [0, 0.05) is 11.8 Å². The van der Waals surface area contributed by atoms with Gasteiger partial charge in [0.25, 0.3) is 5.91 Å². The Morgan fingerprint density at radius 1 is 1.15 bits per heavy atom. The zero-order valence-corrected chi connectivity index (χ0v) is 15.7. The molecular weight excluding hydrogens is 423 g/mol. The van der Waals surface area contributed by atoms with Crippen molar-refractivity contribution in [1.82, 2.24) is 0 Å². The van der Waals surface area contributed by atoms with Crippen LogP contribution in [0, 0.1) is 17.6 Å². The Morgan fingerprint density at radius 2 is 1.81 bits per heavy atom. The topological polar surface area (TPSA) is 84.2 Å². The van der Waals surface area contributed by atoms with E-state index in [1.807, 2.05) is 0 Å². The number of nitrogens with one attached hydrogen (secondary N) is 2. The van der Waals surface area contributed by atoms with Crippen LogP contribution < -0.4 is 16.4 Å². The van der Waals surface area contributed by atoms with Crippen LogP contribution in [-0.4, -0.2) is 16.1 Å². The lowest BCUT2D eigenvalue weighted by Crippen LogP contribution is -2.18. The molecule has 0 aromatic heterocycles. The van der Waals surface area contributed by atoms with Crippen molar-refractivity contribution in [2.45, 2.75) is 10.8 Å². The summed E-state index contributed by atoms with van der Waals surface area (Å²) in [5.41, 5.74) is 5.10. The van der Waals surface area contributed by atoms with Gasteiger partial charge in [0.15, 0.2) is 5.82 Å². The number of amides is 2. The molecule has 0 unspecified atom stereocenters. The normalized spacial score (nSPS) is 17.3. The van der Waals surface area contributed by atoms with Gasteiger partial charge in [0.2, 0.25) is 5.91 Å². The maximum Gasteiger partial charge on any atom is 0.257 e. The minimum atomic E-state index is -1.09. The monoisotopic (exact) mass is 433 g/mol. The molecule has 3 rings (SSSR count). The number of nitrogen functional groups attached to an aromatic ring is 1. The maximum atomic E-state index is 13.5. The molecule has 1 aliphatic carbocycles. The molecular formula is C17H12Cl3F2N3O2. The molecule has 0 aliphatic heterocycles. The van der Waals surface area contributed by atoms with Gasteiger partial charge in [-0.2, -0.15) is 0 Å². The predicted octanol–water partition coefficient (Wildman–Crippen LogP) is 4.59. The van der Waals surface area contributed by atoms with E-state index in [1.54, 1.807) is 0 Å². The molecule has 27 heavy (non-hydrogen) atoms. The third-order valence-electron chi connectivity index (χ3n) is 3.96. The average molecular weight is 435 g/mol. The number of benzene rings is 2. The lowest BCUT2D eigenvalue weighted by atomic mass is 10.1. The summed E-state index contributed by atoms with van der Waals surface area (Å²) in [5.74, 6) is -3.62. The summed E-state index contributed by atoms with van der Waals surface area (Å²) < 4.78 is 25.8. The Morgan fingerprint density at radius 3 is 2.44 bits per heavy atom. The second kappa shape index (κ2) is 7.14. The SMILES string of the molecule is Nc1c(F)cc(F)cc1NC(=O)c1cc(NC(=O)[C@H]2CC2(Cl)Cl)ccc1Cl. The summed E-state index contributed by atoms with van der Waals surface area (Å²) in [4.78, 5) is 24.5. The van der Waals surface area contributed by atoms with Crippen molar-refractivity contribution in [3.05, 3.63) is 52.6 Å². The van der Waals surface area contributed by atoms with Crippen molar-refractivity contribution in [2.75, 3.05) is 16.4 Å². The van der Waals surface area contributed by atoms with E-state index >= 15 is 0 Å². The summed E-state index contributed by atoms with van der Waals surface area (Å²) >= 11 is 17.7. The smallest absolute Gasteiger partial charge is 0.257 e. The van der Waals surface area contributed by atoms with E-state index in [1.165, 1.54) is 18.2 Å². The highest BCUT2D eigenvalue weighted by molar-refractivity contribution is 6.52. The number of hydrogen-bond donors (Lipinski definition) is 3. The van der Waals surface area contributed by atoms with Crippen LogP contribution >= 0.6 is 34.8 Å². The van der Waals surface area contributed by atoms with E-state index in [4.69, 9.17) is 40.5 Å². The van der Waals surface area contributed by atoms with Crippen LogP contribution in [0.3, 0.4) is 0 Å². The van der Waals surface area contributed by atoms with E-state index in [9.17, 15) is 18.4 Å². The Labute approximate surface area is 167 Å². The van der Waals surface area contributed by atoms with Gasteiger partial charge in [0.1, 0.15) is 10.2 Å². The zero-order valence-electron chi connectivity index (χ0n) is 13.5. The number of rotatable bonds is 4. The molecule has 2 aromatic rings. The fourth-order valence-corrected chi connectivity index (χ4v) is 3.09. The molecule has 0 heterocycles. The van der Waals surface area contributed by atoms with Gasteiger partial charge in [-0.05, 0) is 30.7 Å². The molecule has 0 radical (unpaired) electrons. The number of anilines is 3. The molecule has 1 fully saturated rings. The number of carbonyl (C=O) groups is 2. The third kappa shape index (κ3) is 4.26. The van der Waals surface area contributed by atoms with Crippen LogP contribution in [-0.2, 0) is 4.79 Å². The number of nitrogens with two attached hydrogens (primary N) is 1. The van der Waals surface area contributed by atoms with E-state index in [-0.39, 0.29) is 22.0 Å². The highest BCUT2D eigenvalue weighted by Gasteiger charge is 2.56. The van der Waals surface area contributed by atoms with Gasteiger partial charge in [-0.25, -0.2) is 8.78 Å². The molecule has 2 aromatic carbocycles. The Bertz CT molecular complexity index is 953. The molecule has 5 nitrogen and oxygen atoms in total. The molecule has 2 amide bonds. The molecule has 0 spiro atoms. The lowest BCUT2D eigenvalue weighted by Gasteiger charge is -2.12. The summed E-state index contributed by atoms with van der Waals surface area (Å²) in [7, 11) is 0. The molecule has 1 atom stereocenters. The zero-order chi connectivity index (χ0) is 19.9. The molecule has 0 bridgehead atoms. The van der Waals surface area contributed by atoms with E-state index < -0.39 is 39.4 Å². The second-order valence-corrected chi connectivity index (χ2v) is 7.95. The van der Waals surface area contributed by atoms with Crippen LogP contribution in [0.15, 0.2) is 30.3 Å². The molecule has 10 heteroatoms. The first-order valence-electron chi connectivity index (χ1n) is 7.62. The quantitative estimate of drug-likeness (QED) is 0.486. The van der Waals surface area contributed by atoms with Crippen molar-refractivity contribution in [1.29, 1.82) is 0 Å². The summed E-state index contributed by atoms with van der Waals surface area (Å²) in [5, 5.41) is 4.94. The Hall–Kier alpha value is -2.09. The standard InChI is InChI=1S/C17H12Cl3F2N3O2/c18-11-2-1-8(24-16(27)10-6-17(10,19)20)5-9(11)15(26)25-13-4-7(21)3-12(22)14(13)23/h1-5,10H,6,23H2,(H,24,27)(H,25,26)/t10-/m1/s1. The summed E-state index contributed by atoms with van der Waals surface area (Å²) in [6.07, 6.45) is 0.327. The maximum absolute atomic E-state index is 13.5. The molecule has 4 N–H and O–H groups in total. The van der Waals surface area contributed by atoms with E-state index in [0.29, 0.717) is 12.5 Å². The predicted molar refractivity (Wildman–Crippen MR) is 101 cm³/mol. The fourth-order valence-electron chi connectivity index (χ4n) is 2.38. The van der Waals surface area contributed by atoms with Gasteiger partial charge in [-0.15, -0.1) is 23.2 Å². The largest absolute Gasteiger partial charge is 0.395 e. The van der Waals surface area contributed by atoms with Crippen molar-refractivity contribution in [3.8, 4) is 0 Å². The minimum Gasteiger partial charge on any atom is -0.395 e. The first-order valence-corrected chi connectivity index (χ1v) is 8.76. The van der Waals surface area contributed by atoms with Gasteiger partial charge in [-0.3, -0.25) is 9.59 Å². The van der Waals surface area contributed by atoms with E-state index in [2.05, 4.69) is 10.6 Å². The second-order valence-electron chi connectivity index (χ2n) is 6.00. The molecule has 1 aliphatic rings. The van der Waals surface area contributed by atoms with Crippen LogP contribution in [0.2, 0.25) is 5.02 Å².